The van der Waals surface area contributed by atoms with Crippen molar-refractivity contribution in [2.24, 2.45) is 5.73 Å². The molecule has 13 heteroatoms. The monoisotopic (exact) mass is 507 g/mol. The van der Waals surface area contributed by atoms with E-state index in [1.54, 1.807) is 24.3 Å². The fraction of sp³-hybridized carbons (Fsp3) is 0.130. The van der Waals surface area contributed by atoms with Gasteiger partial charge in [-0.25, -0.2) is 9.97 Å². The summed E-state index contributed by atoms with van der Waals surface area (Å²) in [4.78, 5) is 23.2. The number of ether oxygens (including phenoxy) is 1. The highest BCUT2D eigenvalue weighted by molar-refractivity contribution is 5.90. The van der Waals surface area contributed by atoms with Crippen LogP contribution in [0.4, 0.5) is 38.0 Å². The summed E-state index contributed by atoms with van der Waals surface area (Å²) in [5.41, 5.74) is 2.92. The van der Waals surface area contributed by atoms with Crippen LogP contribution >= 0.6 is 0 Å². The summed E-state index contributed by atoms with van der Waals surface area (Å²) in [6.45, 7) is 0.103. The number of aromatic nitrogens is 3. The number of anilines is 2. The number of carbonyl (C=O) groups is 1. The van der Waals surface area contributed by atoms with Crippen LogP contribution in [0.2, 0.25) is 0 Å². The SMILES string of the molecule is NC(=O)c1cc(COc2ccc3nc(Nc4cc(C(F)(F)F)cc(C(F)(F)F)c4)ncc3c2)ccn1. The highest BCUT2D eigenvalue weighted by Crippen LogP contribution is 2.38. The molecule has 0 aliphatic heterocycles. The van der Waals surface area contributed by atoms with Crippen molar-refractivity contribution in [3.05, 3.63) is 83.3 Å². The maximum Gasteiger partial charge on any atom is 0.416 e. The predicted octanol–water partition coefficient (Wildman–Crippen LogP) is 5.48. The molecule has 3 N–H and O–H groups in total. The van der Waals surface area contributed by atoms with Gasteiger partial charge in [0.2, 0.25) is 5.95 Å². The number of rotatable bonds is 6. The highest BCUT2D eigenvalue weighted by atomic mass is 19.4. The Morgan fingerprint density at radius 3 is 2.25 bits per heavy atom. The Morgan fingerprint density at radius 1 is 0.917 bits per heavy atom. The van der Waals surface area contributed by atoms with Crippen molar-refractivity contribution in [3.63, 3.8) is 0 Å². The van der Waals surface area contributed by atoms with Crippen molar-refractivity contribution in [3.8, 4) is 5.75 Å². The molecule has 2 heterocycles. The van der Waals surface area contributed by atoms with Crippen LogP contribution in [-0.4, -0.2) is 20.9 Å². The Hall–Kier alpha value is -4.42. The zero-order valence-corrected chi connectivity index (χ0v) is 18.0. The first kappa shape index (κ1) is 24.7. The van der Waals surface area contributed by atoms with Crippen LogP contribution in [0.3, 0.4) is 0 Å². The first-order chi connectivity index (χ1) is 16.9. The van der Waals surface area contributed by atoms with Gasteiger partial charge < -0.3 is 15.8 Å². The third-order valence-electron chi connectivity index (χ3n) is 4.88. The summed E-state index contributed by atoms with van der Waals surface area (Å²) in [7, 11) is 0. The van der Waals surface area contributed by atoms with Crippen molar-refractivity contribution >= 4 is 28.4 Å². The summed E-state index contributed by atoms with van der Waals surface area (Å²) in [6, 6.07) is 8.98. The number of hydrogen-bond acceptors (Lipinski definition) is 6. The maximum atomic E-state index is 13.1. The van der Waals surface area contributed by atoms with Crippen molar-refractivity contribution in [2.45, 2.75) is 19.0 Å². The van der Waals surface area contributed by atoms with E-state index in [0.717, 1.165) is 0 Å². The molecular formula is C23H15F6N5O2. The number of fused-ring (bicyclic) bond motifs is 1. The van der Waals surface area contributed by atoms with Crippen molar-refractivity contribution in [2.75, 3.05) is 5.32 Å². The molecular weight excluding hydrogens is 492 g/mol. The molecule has 0 unspecified atom stereocenters. The third-order valence-corrected chi connectivity index (χ3v) is 4.88. The zero-order valence-electron chi connectivity index (χ0n) is 18.0. The molecule has 4 rings (SSSR count). The van der Waals surface area contributed by atoms with Gasteiger partial charge in [0.15, 0.2) is 0 Å². The molecule has 4 aromatic rings. The summed E-state index contributed by atoms with van der Waals surface area (Å²) < 4.78 is 84.2. The van der Waals surface area contributed by atoms with E-state index in [4.69, 9.17) is 10.5 Å². The van der Waals surface area contributed by atoms with Crippen molar-refractivity contribution in [1.29, 1.82) is 0 Å². The molecule has 0 saturated carbocycles. The predicted molar refractivity (Wildman–Crippen MR) is 116 cm³/mol. The van der Waals surface area contributed by atoms with Gasteiger partial charge in [-0.1, -0.05) is 0 Å². The van der Waals surface area contributed by atoms with Gasteiger partial charge in [0, 0.05) is 23.5 Å². The Kier molecular flexibility index (Phi) is 6.39. The van der Waals surface area contributed by atoms with Crippen LogP contribution < -0.4 is 15.8 Å². The summed E-state index contributed by atoms with van der Waals surface area (Å²) >= 11 is 0. The number of amides is 1. The third kappa shape index (κ3) is 5.79. The van der Waals surface area contributed by atoms with Gasteiger partial charge in [-0.05, 0) is 54.1 Å². The van der Waals surface area contributed by atoms with Gasteiger partial charge >= 0.3 is 12.4 Å². The topological polar surface area (TPSA) is 103 Å². The first-order valence-corrected chi connectivity index (χ1v) is 10.1. The summed E-state index contributed by atoms with van der Waals surface area (Å²) in [5.74, 6) is -0.444. The number of pyridine rings is 1. The zero-order chi connectivity index (χ0) is 26.1. The minimum Gasteiger partial charge on any atom is -0.489 e. The lowest BCUT2D eigenvalue weighted by Gasteiger charge is -2.15. The van der Waals surface area contributed by atoms with E-state index < -0.39 is 35.1 Å². The van der Waals surface area contributed by atoms with Gasteiger partial charge in [-0.2, -0.15) is 26.3 Å². The van der Waals surface area contributed by atoms with Crippen LogP contribution in [0.15, 0.2) is 60.9 Å². The average Bonchev–Trinajstić information content (AvgIpc) is 2.81. The van der Waals surface area contributed by atoms with Gasteiger partial charge in [0.25, 0.3) is 5.91 Å². The Balaban J connectivity index is 1.54. The van der Waals surface area contributed by atoms with Gasteiger partial charge in [-0.3, -0.25) is 9.78 Å². The number of nitrogens with one attached hydrogen (secondary N) is 1. The molecule has 0 radical (unpaired) electrons. The van der Waals surface area contributed by atoms with E-state index in [0.29, 0.717) is 34.3 Å². The van der Waals surface area contributed by atoms with Crippen molar-refractivity contribution < 1.29 is 35.9 Å². The fourth-order valence-electron chi connectivity index (χ4n) is 3.18. The van der Waals surface area contributed by atoms with E-state index in [-0.39, 0.29) is 24.3 Å². The quantitative estimate of drug-likeness (QED) is 0.335. The lowest BCUT2D eigenvalue weighted by Crippen LogP contribution is -2.13. The normalized spacial score (nSPS) is 11.9. The molecule has 2 aromatic heterocycles. The number of halogens is 6. The Labute approximate surface area is 199 Å². The molecule has 0 atom stereocenters. The molecule has 0 aliphatic rings. The number of hydrogen-bond donors (Lipinski definition) is 2. The molecule has 0 saturated heterocycles. The number of benzene rings is 2. The summed E-state index contributed by atoms with van der Waals surface area (Å²) in [6.07, 6.45) is -7.19. The van der Waals surface area contributed by atoms with Crippen LogP contribution in [0, 0.1) is 0 Å². The molecule has 0 spiro atoms. The molecule has 2 aromatic carbocycles. The second kappa shape index (κ2) is 9.32. The summed E-state index contributed by atoms with van der Waals surface area (Å²) in [5, 5.41) is 2.90. The van der Waals surface area contributed by atoms with Crippen LogP contribution in [0.5, 0.6) is 5.75 Å². The standard InChI is InChI=1S/C23H15F6N5O2/c24-22(25,26)14-7-15(23(27,28)29)9-16(8-14)33-21-32-10-13-6-17(1-2-18(13)34-21)36-11-12-3-4-31-19(5-12)20(30)35/h1-10H,11H2,(H2,30,35)(H,32,33,34). The number of nitrogens with zero attached hydrogens (tertiary/aromatic N) is 3. The van der Waals surface area contributed by atoms with E-state index in [2.05, 4.69) is 20.3 Å². The Morgan fingerprint density at radius 2 is 1.61 bits per heavy atom. The average molecular weight is 507 g/mol. The van der Waals surface area contributed by atoms with Gasteiger partial charge in [0.05, 0.1) is 16.6 Å². The largest absolute Gasteiger partial charge is 0.489 e. The molecule has 186 valence electrons. The maximum absolute atomic E-state index is 13.1. The van der Waals surface area contributed by atoms with E-state index in [9.17, 15) is 31.1 Å². The number of nitrogens with two attached hydrogens (primary N) is 1. The van der Waals surface area contributed by atoms with Gasteiger partial charge in [-0.15, -0.1) is 0 Å². The van der Waals surface area contributed by atoms with Gasteiger partial charge in [0.1, 0.15) is 18.1 Å². The fourth-order valence-corrected chi connectivity index (χ4v) is 3.18. The minimum atomic E-state index is -4.98. The van der Waals surface area contributed by atoms with E-state index in [1.165, 1.54) is 18.5 Å². The molecule has 1 amide bonds. The first-order valence-electron chi connectivity index (χ1n) is 10.1. The molecule has 0 bridgehead atoms. The highest BCUT2D eigenvalue weighted by Gasteiger charge is 2.37. The molecule has 0 fully saturated rings. The van der Waals surface area contributed by atoms with Crippen LogP contribution in [0.1, 0.15) is 27.2 Å². The number of alkyl halides is 6. The minimum absolute atomic E-state index is 0.0363. The Bertz CT molecular complexity index is 1410. The van der Waals surface area contributed by atoms with Crippen LogP contribution in [0.25, 0.3) is 10.9 Å². The molecule has 0 aliphatic carbocycles. The molecule has 36 heavy (non-hydrogen) atoms. The van der Waals surface area contributed by atoms with Crippen molar-refractivity contribution in [1.82, 2.24) is 15.0 Å². The van der Waals surface area contributed by atoms with Crippen LogP contribution in [-0.2, 0) is 19.0 Å². The second-order valence-electron chi connectivity index (χ2n) is 7.54. The smallest absolute Gasteiger partial charge is 0.416 e. The molecule has 7 nitrogen and oxygen atoms in total. The second-order valence-corrected chi connectivity index (χ2v) is 7.54. The van der Waals surface area contributed by atoms with E-state index in [1.807, 2.05) is 0 Å². The van der Waals surface area contributed by atoms with E-state index >= 15 is 0 Å². The lowest BCUT2D eigenvalue weighted by molar-refractivity contribution is -0.143. The number of carbonyl (C=O) groups excluding carboxylic acids is 1. The number of primary amides is 1. The lowest BCUT2D eigenvalue weighted by atomic mass is 10.1.